The van der Waals surface area contributed by atoms with Gasteiger partial charge in [0.2, 0.25) is 0 Å². The van der Waals surface area contributed by atoms with E-state index in [4.69, 9.17) is 4.98 Å². The van der Waals surface area contributed by atoms with E-state index < -0.39 is 0 Å². The van der Waals surface area contributed by atoms with Crippen molar-refractivity contribution in [2.75, 3.05) is 0 Å². The average molecular weight is 741 g/mol. The zero-order valence-corrected chi connectivity index (χ0v) is 25.8. The van der Waals surface area contributed by atoms with Crippen LogP contribution in [0, 0.1) is 19.9 Å². The summed E-state index contributed by atoms with van der Waals surface area (Å²) in [5.74, 6) is 2.28. The Bertz CT molecular complexity index is 1540. The van der Waals surface area contributed by atoms with Crippen molar-refractivity contribution in [1.82, 2.24) is 19.9 Å². The minimum Gasteiger partial charge on any atom is -0.304 e. The van der Waals surface area contributed by atoms with Gasteiger partial charge in [-0.3, -0.25) is 0 Å². The molecule has 1 radical (unpaired) electrons. The Balaban J connectivity index is 0.00000336. The fourth-order valence-electron chi connectivity index (χ4n) is 4.52. The van der Waals surface area contributed by atoms with Crippen molar-refractivity contribution in [3.63, 3.8) is 0 Å². The zero-order valence-electron chi connectivity index (χ0n) is 21.8. The standard InChI is InChI=1S/C32H28BrN4.Ir/c1-5-30-35-31(6-2)37-32(36-30)23-12-14-29(34-19-23)22-11-13-27(28(33)18-22)26-10-8-7-9-25(26)24-16-20(3)15-21(4)17-24;/h7-10,12-19H,5-6H2,1-4H3;/q-1;. The first-order valence-electron chi connectivity index (χ1n) is 12.5. The predicted molar refractivity (Wildman–Crippen MR) is 154 cm³/mol. The molecule has 193 valence electrons. The quantitative estimate of drug-likeness (QED) is 0.165. The molecule has 0 aliphatic carbocycles. The van der Waals surface area contributed by atoms with E-state index in [0.29, 0.717) is 5.82 Å². The van der Waals surface area contributed by atoms with Gasteiger partial charge in [0.1, 0.15) is 11.6 Å². The maximum Gasteiger partial charge on any atom is 0.164 e. The van der Waals surface area contributed by atoms with Gasteiger partial charge in [-0.25, -0.2) is 15.0 Å². The van der Waals surface area contributed by atoms with Gasteiger partial charge in [0.15, 0.2) is 5.82 Å². The molecule has 5 rings (SSSR count). The normalized spacial score (nSPS) is 10.8. The van der Waals surface area contributed by atoms with Crippen LogP contribution >= 0.6 is 15.9 Å². The second-order valence-corrected chi connectivity index (χ2v) is 10.0. The second kappa shape index (κ2) is 12.2. The molecule has 0 aliphatic rings. The number of benzene rings is 3. The van der Waals surface area contributed by atoms with Crippen LogP contribution in [0.2, 0.25) is 0 Å². The number of nitrogens with zero attached hydrogens (tertiary/aromatic N) is 4. The van der Waals surface area contributed by atoms with Crippen LogP contribution in [-0.2, 0) is 32.9 Å². The Morgan fingerprint density at radius 1 is 0.737 bits per heavy atom. The van der Waals surface area contributed by atoms with Crippen LogP contribution in [0.25, 0.3) is 44.9 Å². The minimum absolute atomic E-state index is 0. The van der Waals surface area contributed by atoms with Crippen LogP contribution in [-0.4, -0.2) is 19.9 Å². The van der Waals surface area contributed by atoms with Gasteiger partial charge in [0.05, 0.1) is 0 Å². The van der Waals surface area contributed by atoms with Crippen LogP contribution < -0.4 is 0 Å². The van der Waals surface area contributed by atoms with Gasteiger partial charge >= 0.3 is 0 Å². The first-order chi connectivity index (χ1) is 17.9. The molecule has 0 spiro atoms. The molecule has 0 bridgehead atoms. The Kier molecular flexibility index (Phi) is 8.98. The van der Waals surface area contributed by atoms with Crippen LogP contribution in [0.1, 0.15) is 36.6 Å². The minimum atomic E-state index is 0. The molecule has 3 aromatic carbocycles. The molecule has 0 saturated heterocycles. The van der Waals surface area contributed by atoms with Gasteiger partial charge in [0, 0.05) is 44.7 Å². The fraction of sp³-hybridized carbons (Fsp3) is 0.188. The maximum atomic E-state index is 4.71. The number of hydrogen-bond donors (Lipinski definition) is 0. The molecule has 2 heterocycles. The van der Waals surface area contributed by atoms with E-state index in [-0.39, 0.29) is 20.1 Å². The zero-order chi connectivity index (χ0) is 25.9. The van der Waals surface area contributed by atoms with E-state index in [1.807, 2.05) is 24.4 Å². The van der Waals surface area contributed by atoms with E-state index in [1.54, 1.807) is 0 Å². The van der Waals surface area contributed by atoms with Crippen molar-refractivity contribution in [3.8, 4) is 44.9 Å². The Labute approximate surface area is 246 Å². The topological polar surface area (TPSA) is 51.6 Å². The Morgan fingerprint density at radius 3 is 1.97 bits per heavy atom. The second-order valence-electron chi connectivity index (χ2n) is 9.16. The summed E-state index contributed by atoms with van der Waals surface area (Å²) in [5, 5.41) is 0. The number of rotatable bonds is 6. The smallest absolute Gasteiger partial charge is 0.164 e. The fourth-order valence-corrected chi connectivity index (χ4v) is 5.08. The van der Waals surface area contributed by atoms with Gasteiger partial charge in [-0.05, 0) is 30.7 Å². The Hall–Kier alpha value is -3.05. The van der Waals surface area contributed by atoms with Crippen molar-refractivity contribution in [3.05, 3.63) is 106 Å². The molecule has 0 N–H and O–H groups in total. The molecule has 5 aromatic rings. The van der Waals surface area contributed by atoms with Crippen molar-refractivity contribution >= 4 is 15.9 Å². The molecule has 0 fully saturated rings. The van der Waals surface area contributed by atoms with Crippen LogP contribution in [0.15, 0.2) is 77.4 Å². The van der Waals surface area contributed by atoms with Gasteiger partial charge in [-0.2, -0.15) is 0 Å². The van der Waals surface area contributed by atoms with Crippen molar-refractivity contribution in [1.29, 1.82) is 0 Å². The molecule has 6 heteroatoms. The molecule has 0 atom stereocenters. The average Bonchev–Trinajstić information content (AvgIpc) is 2.92. The number of hydrogen-bond acceptors (Lipinski definition) is 4. The molecule has 0 saturated carbocycles. The van der Waals surface area contributed by atoms with Crippen molar-refractivity contribution in [2.45, 2.75) is 40.5 Å². The van der Waals surface area contributed by atoms with E-state index in [2.05, 4.69) is 113 Å². The summed E-state index contributed by atoms with van der Waals surface area (Å²) in [7, 11) is 0. The molecule has 0 amide bonds. The van der Waals surface area contributed by atoms with Gasteiger partial charge < -0.3 is 4.98 Å². The van der Waals surface area contributed by atoms with E-state index in [1.165, 1.54) is 27.8 Å². The van der Waals surface area contributed by atoms with Crippen molar-refractivity contribution in [2.24, 2.45) is 0 Å². The van der Waals surface area contributed by atoms with Crippen LogP contribution in [0.4, 0.5) is 0 Å². The summed E-state index contributed by atoms with van der Waals surface area (Å²) in [6.07, 6.45) is 3.38. The number of aromatic nitrogens is 4. The maximum absolute atomic E-state index is 4.71. The molecular weight excluding hydrogens is 713 g/mol. The third-order valence-corrected chi connectivity index (χ3v) is 6.96. The molecule has 0 aliphatic heterocycles. The van der Waals surface area contributed by atoms with Crippen LogP contribution in [0.5, 0.6) is 0 Å². The van der Waals surface area contributed by atoms with Gasteiger partial charge in [-0.1, -0.05) is 111 Å². The summed E-state index contributed by atoms with van der Waals surface area (Å²) < 4.78 is 1.00. The third-order valence-electron chi connectivity index (χ3n) is 6.31. The largest absolute Gasteiger partial charge is 0.304 e. The van der Waals surface area contributed by atoms with E-state index in [9.17, 15) is 0 Å². The first kappa shape index (κ1) is 28.0. The summed E-state index contributed by atoms with van der Waals surface area (Å²) in [6.45, 7) is 8.39. The molecule has 2 aromatic heterocycles. The molecule has 38 heavy (non-hydrogen) atoms. The molecule has 4 nitrogen and oxygen atoms in total. The summed E-state index contributed by atoms with van der Waals surface area (Å²) in [4.78, 5) is 18.4. The van der Waals surface area contributed by atoms with Crippen LogP contribution in [0.3, 0.4) is 0 Å². The third kappa shape index (κ3) is 5.99. The van der Waals surface area contributed by atoms with E-state index in [0.717, 1.165) is 51.3 Å². The molecular formula is C32H28BrIrN4-. The summed E-state index contributed by atoms with van der Waals surface area (Å²) >= 11 is 3.83. The number of halogens is 1. The monoisotopic (exact) mass is 740 g/mol. The predicted octanol–water partition coefficient (Wildman–Crippen LogP) is 8.24. The summed E-state index contributed by atoms with van der Waals surface area (Å²) in [6, 6.07) is 26.8. The number of aryl methyl sites for hydroxylation is 4. The molecule has 0 unspecified atom stereocenters. The van der Waals surface area contributed by atoms with Gasteiger partial charge in [0.25, 0.3) is 0 Å². The first-order valence-corrected chi connectivity index (χ1v) is 13.3. The SMILES string of the molecule is CCc1nc(CC)nc(-c2ccc(-c3[c-]cc(-c4ccccc4-c4cc(C)cc(C)c4)c(Br)c3)nc2)n1.[Ir]. The van der Waals surface area contributed by atoms with Gasteiger partial charge in [-0.15, -0.1) is 23.8 Å². The van der Waals surface area contributed by atoms with E-state index >= 15 is 0 Å². The Morgan fingerprint density at radius 2 is 1.39 bits per heavy atom. The number of pyridine rings is 1. The van der Waals surface area contributed by atoms with Crippen molar-refractivity contribution < 1.29 is 20.1 Å². The summed E-state index contributed by atoms with van der Waals surface area (Å²) in [5.41, 5.74) is 9.85.